The molecule has 0 saturated heterocycles. The minimum absolute atomic E-state index is 0.125. The number of ether oxygens (including phenoxy) is 1. The summed E-state index contributed by atoms with van der Waals surface area (Å²) in [6.45, 7) is 7.51. The van der Waals surface area contributed by atoms with Gasteiger partial charge in [0.2, 0.25) is 0 Å². The molecule has 0 N–H and O–H groups in total. The molecule has 0 aliphatic rings. The van der Waals surface area contributed by atoms with Crippen LogP contribution in [0, 0.1) is 0 Å². The average molecular weight is 255 g/mol. The second kappa shape index (κ2) is 10.1. The molecule has 0 fully saturated rings. The quantitative estimate of drug-likeness (QED) is 0.258. The van der Waals surface area contributed by atoms with Crippen LogP contribution in [-0.4, -0.2) is 31.2 Å². The van der Waals surface area contributed by atoms with Gasteiger partial charge >= 0.3 is 5.97 Å². The van der Waals surface area contributed by atoms with Crippen LogP contribution in [0.1, 0.15) is 58.8 Å². The van der Waals surface area contributed by atoms with Crippen molar-refractivity contribution >= 4 is 5.97 Å². The zero-order valence-corrected chi connectivity index (χ0v) is 12.5. The van der Waals surface area contributed by atoms with Crippen LogP contribution < -0.4 is 0 Å². The van der Waals surface area contributed by atoms with Crippen molar-refractivity contribution in [3.05, 3.63) is 12.2 Å². The summed E-state index contributed by atoms with van der Waals surface area (Å²) in [5, 5.41) is 0. The molecule has 0 saturated carbocycles. The molecule has 0 spiro atoms. The van der Waals surface area contributed by atoms with Gasteiger partial charge in [0.1, 0.15) is 0 Å². The highest BCUT2D eigenvalue weighted by Gasteiger charge is 2.16. The second-order valence-electron chi connectivity index (χ2n) is 5.16. The first-order valence-electron chi connectivity index (χ1n) is 7.02. The topological polar surface area (TPSA) is 29.5 Å². The maximum atomic E-state index is 11.5. The molecular formula is C15H29NO2. The Hall–Kier alpha value is -0.830. The van der Waals surface area contributed by atoms with Crippen molar-refractivity contribution in [1.82, 2.24) is 4.90 Å². The standard InChI is InChI=1S/C15H29NO2/c1-6-7-8-9-10-11-12-14(16(4)5)18-15(17)13(2)3/h14H,2,6-12H2,1,3-5H3. The number of carbonyl (C=O) groups is 1. The van der Waals surface area contributed by atoms with E-state index in [1.807, 2.05) is 19.0 Å². The van der Waals surface area contributed by atoms with Crippen molar-refractivity contribution in [2.45, 2.75) is 65.0 Å². The highest BCUT2D eigenvalue weighted by molar-refractivity contribution is 5.87. The summed E-state index contributed by atoms with van der Waals surface area (Å²) in [5.74, 6) is -0.292. The van der Waals surface area contributed by atoms with Crippen molar-refractivity contribution in [2.24, 2.45) is 0 Å². The number of esters is 1. The van der Waals surface area contributed by atoms with Crippen LogP contribution in [0.2, 0.25) is 0 Å². The number of nitrogens with zero attached hydrogens (tertiary/aromatic N) is 1. The first-order valence-corrected chi connectivity index (χ1v) is 7.02. The summed E-state index contributed by atoms with van der Waals surface area (Å²) in [4.78, 5) is 13.4. The molecule has 0 aromatic rings. The molecule has 18 heavy (non-hydrogen) atoms. The Morgan fingerprint density at radius 2 is 1.72 bits per heavy atom. The van der Waals surface area contributed by atoms with Crippen molar-refractivity contribution in [3.63, 3.8) is 0 Å². The molecule has 0 bridgehead atoms. The first kappa shape index (κ1) is 17.2. The molecule has 0 aromatic carbocycles. The molecule has 3 nitrogen and oxygen atoms in total. The minimum Gasteiger partial charge on any atom is -0.443 e. The fourth-order valence-electron chi connectivity index (χ4n) is 1.75. The Bertz CT molecular complexity index is 249. The van der Waals surface area contributed by atoms with E-state index >= 15 is 0 Å². The Balaban J connectivity index is 3.84. The van der Waals surface area contributed by atoms with Crippen LogP contribution in [-0.2, 0) is 9.53 Å². The first-order chi connectivity index (χ1) is 8.49. The SMILES string of the molecule is C=C(C)C(=O)OC(CCCCCCCC)N(C)C. The summed E-state index contributed by atoms with van der Waals surface area (Å²) < 4.78 is 5.39. The number of hydrogen-bond acceptors (Lipinski definition) is 3. The van der Waals surface area contributed by atoms with E-state index < -0.39 is 0 Å². The lowest BCUT2D eigenvalue weighted by Crippen LogP contribution is -2.33. The molecule has 0 rings (SSSR count). The van der Waals surface area contributed by atoms with Gasteiger partial charge in [-0.05, 0) is 33.9 Å². The highest BCUT2D eigenvalue weighted by atomic mass is 16.6. The summed E-state index contributed by atoms with van der Waals surface area (Å²) >= 11 is 0. The largest absolute Gasteiger partial charge is 0.443 e. The highest BCUT2D eigenvalue weighted by Crippen LogP contribution is 2.12. The van der Waals surface area contributed by atoms with E-state index in [1.165, 1.54) is 32.1 Å². The zero-order valence-electron chi connectivity index (χ0n) is 12.5. The summed E-state index contributed by atoms with van der Waals surface area (Å²) in [5.41, 5.74) is 0.463. The third-order valence-electron chi connectivity index (χ3n) is 2.97. The molecule has 0 amide bonds. The van der Waals surface area contributed by atoms with Gasteiger partial charge < -0.3 is 4.74 Å². The van der Waals surface area contributed by atoms with Gasteiger partial charge in [-0.15, -0.1) is 0 Å². The zero-order chi connectivity index (χ0) is 14.0. The van der Waals surface area contributed by atoms with E-state index in [2.05, 4.69) is 13.5 Å². The van der Waals surface area contributed by atoms with Gasteiger partial charge in [-0.2, -0.15) is 0 Å². The van der Waals surface area contributed by atoms with Crippen LogP contribution in [0.3, 0.4) is 0 Å². The normalized spacial score (nSPS) is 12.5. The maximum Gasteiger partial charge on any atom is 0.334 e. The maximum absolute atomic E-state index is 11.5. The number of unbranched alkanes of at least 4 members (excludes halogenated alkanes) is 5. The van der Waals surface area contributed by atoms with Gasteiger partial charge in [-0.3, -0.25) is 4.90 Å². The fraction of sp³-hybridized carbons (Fsp3) is 0.800. The molecule has 1 atom stereocenters. The Labute approximate surface area is 112 Å². The van der Waals surface area contributed by atoms with E-state index in [1.54, 1.807) is 6.92 Å². The van der Waals surface area contributed by atoms with Crippen LogP contribution in [0.4, 0.5) is 0 Å². The predicted molar refractivity (Wildman–Crippen MR) is 76.4 cm³/mol. The molecule has 0 aliphatic carbocycles. The monoisotopic (exact) mass is 255 g/mol. The lowest BCUT2D eigenvalue weighted by Gasteiger charge is -2.24. The second-order valence-corrected chi connectivity index (χ2v) is 5.16. The van der Waals surface area contributed by atoms with Gasteiger partial charge in [0, 0.05) is 5.57 Å². The smallest absolute Gasteiger partial charge is 0.334 e. The van der Waals surface area contributed by atoms with E-state index in [4.69, 9.17) is 4.74 Å². The molecule has 0 heterocycles. The number of carbonyl (C=O) groups excluding carboxylic acids is 1. The molecule has 1 unspecified atom stereocenters. The molecule has 0 aliphatic heterocycles. The van der Waals surface area contributed by atoms with Crippen LogP contribution in [0.15, 0.2) is 12.2 Å². The fourth-order valence-corrected chi connectivity index (χ4v) is 1.75. The van der Waals surface area contributed by atoms with Gasteiger partial charge in [0.25, 0.3) is 0 Å². The van der Waals surface area contributed by atoms with Crippen LogP contribution in [0.5, 0.6) is 0 Å². The van der Waals surface area contributed by atoms with Crippen molar-refractivity contribution in [1.29, 1.82) is 0 Å². The average Bonchev–Trinajstić information content (AvgIpc) is 2.31. The number of hydrogen-bond donors (Lipinski definition) is 0. The lowest BCUT2D eigenvalue weighted by atomic mass is 10.1. The van der Waals surface area contributed by atoms with Gasteiger partial charge in [-0.25, -0.2) is 4.79 Å². The summed E-state index contributed by atoms with van der Waals surface area (Å²) in [6, 6.07) is 0. The molecule has 106 valence electrons. The van der Waals surface area contributed by atoms with Gasteiger partial charge in [-0.1, -0.05) is 45.6 Å². The Morgan fingerprint density at radius 1 is 1.17 bits per heavy atom. The Morgan fingerprint density at radius 3 is 2.22 bits per heavy atom. The van der Waals surface area contributed by atoms with Crippen molar-refractivity contribution in [2.75, 3.05) is 14.1 Å². The molecule has 0 aromatic heterocycles. The predicted octanol–water partition coefficient (Wildman–Crippen LogP) is 3.74. The minimum atomic E-state index is -0.292. The van der Waals surface area contributed by atoms with Crippen LogP contribution >= 0.6 is 0 Å². The molecular weight excluding hydrogens is 226 g/mol. The van der Waals surface area contributed by atoms with Crippen LogP contribution in [0.25, 0.3) is 0 Å². The number of rotatable bonds is 10. The molecule has 3 heteroatoms. The van der Waals surface area contributed by atoms with Crippen molar-refractivity contribution < 1.29 is 9.53 Å². The third-order valence-corrected chi connectivity index (χ3v) is 2.97. The van der Waals surface area contributed by atoms with Crippen molar-refractivity contribution in [3.8, 4) is 0 Å². The van der Waals surface area contributed by atoms with E-state index in [9.17, 15) is 4.79 Å². The summed E-state index contributed by atoms with van der Waals surface area (Å²) in [6.07, 6.45) is 8.29. The molecule has 0 radical (unpaired) electrons. The lowest BCUT2D eigenvalue weighted by molar-refractivity contribution is -0.152. The summed E-state index contributed by atoms with van der Waals surface area (Å²) in [7, 11) is 3.88. The van der Waals surface area contributed by atoms with E-state index in [-0.39, 0.29) is 12.2 Å². The van der Waals surface area contributed by atoms with Gasteiger partial charge in [0.15, 0.2) is 6.23 Å². The third kappa shape index (κ3) is 8.29. The van der Waals surface area contributed by atoms with Gasteiger partial charge in [0.05, 0.1) is 0 Å². The van der Waals surface area contributed by atoms with E-state index in [0.717, 1.165) is 12.8 Å². The van der Waals surface area contributed by atoms with E-state index in [0.29, 0.717) is 5.57 Å². The Kier molecular flexibility index (Phi) is 9.66.